The molecule has 3 rings (SSSR count). The van der Waals surface area contributed by atoms with Gasteiger partial charge in [0.15, 0.2) is 18.4 Å². The van der Waals surface area contributed by atoms with Gasteiger partial charge in [0.25, 0.3) is 0 Å². The zero-order valence-electron chi connectivity index (χ0n) is 15.0. The maximum absolute atomic E-state index is 12.5. The topological polar surface area (TPSA) is 63.2 Å². The average molecular weight is 350 g/mol. The number of ketones is 1. The standard InChI is InChI=1S/C19H26O6/c1-19-12-23-18(13-7-5-4-6-8-13)24-16(19)11-14(20)15(25-19)9-10-17(21-2)22-3/h4-8,15-18H,9-12H2,1-3H3/t15?,16-,18+,19+/m0/s1. The van der Waals surface area contributed by atoms with Crippen LogP contribution in [0.3, 0.4) is 0 Å². The van der Waals surface area contributed by atoms with E-state index in [1.807, 2.05) is 37.3 Å². The van der Waals surface area contributed by atoms with Crippen molar-refractivity contribution in [3.8, 4) is 0 Å². The number of methoxy groups -OCH3 is 2. The van der Waals surface area contributed by atoms with Gasteiger partial charge < -0.3 is 23.7 Å². The molecule has 6 nitrogen and oxygen atoms in total. The normalized spacial score (nSPS) is 32.6. The lowest BCUT2D eigenvalue weighted by atomic mass is 9.87. The van der Waals surface area contributed by atoms with Gasteiger partial charge in [-0.05, 0) is 13.3 Å². The SMILES string of the molecule is COC(CCC1O[C@]2(C)CO[C@@H](c3ccccc3)O[C@H]2CC1=O)OC. The van der Waals surface area contributed by atoms with Crippen molar-refractivity contribution >= 4 is 5.78 Å². The second-order valence-electron chi connectivity index (χ2n) is 6.75. The van der Waals surface area contributed by atoms with Gasteiger partial charge >= 0.3 is 0 Å². The molecule has 2 fully saturated rings. The van der Waals surface area contributed by atoms with Crippen molar-refractivity contribution in [2.45, 2.75) is 56.6 Å². The van der Waals surface area contributed by atoms with E-state index in [4.69, 9.17) is 23.7 Å². The first-order chi connectivity index (χ1) is 12.1. The Balaban J connectivity index is 1.63. The fraction of sp³-hybridized carbons (Fsp3) is 0.632. The Hall–Kier alpha value is -1.31. The van der Waals surface area contributed by atoms with E-state index in [0.717, 1.165) is 5.56 Å². The van der Waals surface area contributed by atoms with Crippen LogP contribution in [0.5, 0.6) is 0 Å². The third-order valence-electron chi connectivity index (χ3n) is 4.91. The molecule has 0 aliphatic carbocycles. The number of hydrogen-bond acceptors (Lipinski definition) is 6. The van der Waals surface area contributed by atoms with Crippen molar-refractivity contribution in [2.24, 2.45) is 0 Å². The molecule has 6 heteroatoms. The number of carbonyl (C=O) groups is 1. The highest BCUT2D eigenvalue weighted by molar-refractivity contribution is 5.84. The summed E-state index contributed by atoms with van der Waals surface area (Å²) >= 11 is 0. The third-order valence-corrected chi connectivity index (χ3v) is 4.91. The largest absolute Gasteiger partial charge is 0.359 e. The van der Waals surface area contributed by atoms with Crippen LogP contribution < -0.4 is 0 Å². The van der Waals surface area contributed by atoms with Crippen molar-refractivity contribution in [3.63, 3.8) is 0 Å². The van der Waals surface area contributed by atoms with Gasteiger partial charge in [-0.2, -0.15) is 0 Å². The van der Waals surface area contributed by atoms with Crippen molar-refractivity contribution in [1.29, 1.82) is 0 Å². The fourth-order valence-corrected chi connectivity index (χ4v) is 3.37. The molecule has 0 amide bonds. The molecule has 25 heavy (non-hydrogen) atoms. The number of carbonyl (C=O) groups excluding carboxylic acids is 1. The molecule has 0 N–H and O–H groups in total. The molecule has 1 unspecified atom stereocenters. The van der Waals surface area contributed by atoms with Crippen LogP contribution in [-0.4, -0.2) is 50.7 Å². The molecule has 2 saturated heterocycles. The molecule has 1 aromatic rings. The average Bonchev–Trinajstić information content (AvgIpc) is 2.63. The minimum Gasteiger partial charge on any atom is -0.359 e. The van der Waals surface area contributed by atoms with E-state index in [1.54, 1.807) is 14.2 Å². The molecule has 0 spiro atoms. The monoisotopic (exact) mass is 350 g/mol. The Kier molecular flexibility index (Phi) is 5.86. The smallest absolute Gasteiger partial charge is 0.184 e. The predicted molar refractivity (Wildman–Crippen MR) is 90.0 cm³/mol. The van der Waals surface area contributed by atoms with Gasteiger partial charge in [0, 0.05) is 32.6 Å². The van der Waals surface area contributed by atoms with Crippen LogP contribution in [0.4, 0.5) is 0 Å². The lowest BCUT2D eigenvalue weighted by Gasteiger charge is -2.48. The molecule has 0 bridgehead atoms. The van der Waals surface area contributed by atoms with Crippen LogP contribution in [0.2, 0.25) is 0 Å². The Bertz CT molecular complexity index is 573. The van der Waals surface area contributed by atoms with Crippen molar-refractivity contribution in [2.75, 3.05) is 20.8 Å². The summed E-state index contributed by atoms with van der Waals surface area (Å²) < 4.78 is 28.4. The molecule has 2 heterocycles. The third kappa shape index (κ3) is 4.10. The molecular formula is C19H26O6. The zero-order valence-corrected chi connectivity index (χ0v) is 15.0. The summed E-state index contributed by atoms with van der Waals surface area (Å²) in [7, 11) is 3.17. The van der Waals surface area contributed by atoms with Crippen LogP contribution >= 0.6 is 0 Å². The van der Waals surface area contributed by atoms with E-state index >= 15 is 0 Å². The van der Waals surface area contributed by atoms with Gasteiger partial charge in [-0.15, -0.1) is 0 Å². The molecule has 4 atom stereocenters. The van der Waals surface area contributed by atoms with Gasteiger partial charge in [0.1, 0.15) is 11.7 Å². The molecule has 0 radical (unpaired) electrons. The summed E-state index contributed by atoms with van der Waals surface area (Å²) in [5.41, 5.74) is 0.321. The summed E-state index contributed by atoms with van der Waals surface area (Å²) in [5, 5.41) is 0. The highest BCUT2D eigenvalue weighted by Crippen LogP contribution is 2.39. The lowest BCUT2D eigenvalue weighted by Crippen LogP contribution is -2.59. The van der Waals surface area contributed by atoms with Crippen molar-refractivity contribution < 1.29 is 28.5 Å². The number of ether oxygens (including phenoxy) is 5. The van der Waals surface area contributed by atoms with Gasteiger partial charge in [-0.25, -0.2) is 0 Å². The van der Waals surface area contributed by atoms with E-state index in [9.17, 15) is 4.79 Å². The Morgan fingerprint density at radius 1 is 1.24 bits per heavy atom. The summed E-state index contributed by atoms with van der Waals surface area (Å²) in [6.07, 6.45) is -0.0979. The van der Waals surface area contributed by atoms with Gasteiger partial charge in [-0.3, -0.25) is 4.79 Å². The first-order valence-electron chi connectivity index (χ1n) is 8.64. The molecule has 138 valence electrons. The lowest BCUT2D eigenvalue weighted by molar-refractivity contribution is -0.316. The molecule has 0 aromatic heterocycles. The highest BCUT2D eigenvalue weighted by Gasteiger charge is 2.50. The van der Waals surface area contributed by atoms with E-state index in [1.165, 1.54) is 0 Å². The summed E-state index contributed by atoms with van der Waals surface area (Å²) in [6.45, 7) is 2.33. The fourth-order valence-electron chi connectivity index (χ4n) is 3.37. The van der Waals surface area contributed by atoms with Crippen LogP contribution in [0.25, 0.3) is 0 Å². The molecular weight excluding hydrogens is 324 g/mol. The van der Waals surface area contributed by atoms with Gasteiger partial charge in [0.05, 0.1) is 12.7 Å². The maximum atomic E-state index is 12.5. The Morgan fingerprint density at radius 3 is 2.64 bits per heavy atom. The van der Waals surface area contributed by atoms with E-state index < -0.39 is 18.0 Å². The summed E-state index contributed by atoms with van der Waals surface area (Å²) in [4.78, 5) is 12.5. The van der Waals surface area contributed by atoms with E-state index in [-0.39, 0.29) is 18.2 Å². The van der Waals surface area contributed by atoms with Gasteiger partial charge in [-0.1, -0.05) is 30.3 Å². The molecule has 0 saturated carbocycles. The minimum absolute atomic E-state index is 0.0575. The zero-order chi connectivity index (χ0) is 17.9. The molecule has 2 aliphatic heterocycles. The molecule has 1 aromatic carbocycles. The van der Waals surface area contributed by atoms with Crippen LogP contribution in [0.1, 0.15) is 38.0 Å². The first-order valence-corrected chi connectivity index (χ1v) is 8.64. The van der Waals surface area contributed by atoms with Crippen molar-refractivity contribution in [1.82, 2.24) is 0 Å². The predicted octanol–water partition coefficient (Wildman–Crippen LogP) is 2.62. The number of Topliss-reactive ketones (excluding diaryl/α,β-unsaturated/α-hetero) is 1. The Morgan fingerprint density at radius 2 is 1.96 bits per heavy atom. The second kappa shape index (κ2) is 7.93. The van der Waals surface area contributed by atoms with E-state index in [0.29, 0.717) is 25.9 Å². The quantitative estimate of drug-likeness (QED) is 0.735. The number of benzene rings is 1. The first kappa shape index (κ1) is 18.5. The summed E-state index contributed by atoms with van der Waals surface area (Å²) in [6, 6.07) is 9.74. The van der Waals surface area contributed by atoms with Crippen LogP contribution in [-0.2, 0) is 28.5 Å². The highest BCUT2D eigenvalue weighted by atomic mass is 16.7. The Labute approximate surface area is 148 Å². The van der Waals surface area contributed by atoms with Crippen molar-refractivity contribution in [3.05, 3.63) is 35.9 Å². The number of rotatable bonds is 6. The summed E-state index contributed by atoms with van der Waals surface area (Å²) in [5.74, 6) is 0.0575. The number of fused-ring (bicyclic) bond motifs is 1. The van der Waals surface area contributed by atoms with Crippen LogP contribution in [0.15, 0.2) is 30.3 Å². The molecule has 2 aliphatic rings. The second-order valence-corrected chi connectivity index (χ2v) is 6.75. The van der Waals surface area contributed by atoms with Crippen LogP contribution in [0, 0.1) is 0 Å². The number of hydrogen-bond donors (Lipinski definition) is 0. The van der Waals surface area contributed by atoms with Gasteiger partial charge in [0.2, 0.25) is 0 Å². The maximum Gasteiger partial charge on any atom is 0.184 e. The minimum atomic E-state index is -0.625. The van der Waals surface area contributed by atoms with E-state index in [2.05, 4.69) is 0 Å².